The Morgan fingerprint density at radius 1 is 1.58 bits per heavy atom. The zero-order valence-electron chi connectivity index (χ0n) is 6.59. The van der Waals surface area contributed by atoms with Crippen molar-refractivity contribution in [2.24, 2.45) is 0 Å². The zero-order chi connectivity index (χ0) is 8.55. The van der Waals surface area contributed by atoms with Gasteiger partial charge < -0.3 is 4.57 Å². The van der Waals surface area contributed by atoms with Crippen molar-refractivity contribution in [3.05, 3.63) is 17.7 Å². The molecule has 0 saturated carbocycles. The molecule has 2 heterocycles. The van der Waals surface area contributed by atoms with Gasteiger partial charge in [0.25, 0.3) is 5.24 Å². The van der Waals surface area contributed by atoms with Gasteiger partial charge in [0.15, 0.2) is 0 Å². The summed E-state index contributed by atoms with van der Waals surface area (Å²) in [7, 11) is 0. The van der Waals surface area contributed by atoms with Gasteiger partial charge in [-0.05, 0) is 24.4 Å². The first-order valence-corrected chi connectivity index (χ1v) is 4.41. The van der Waals surface area contributed by atoms with E-state index in [0.717, 1.165) is 25.2 Å². The zero-order valence-corrected chi connectivity index (χ0v) is 7.34. The third-order valence-corrected chi connectivity index (χ3v) is 2.30. The first kappa shape index (κ1) is 7.80. The molecular weight excluding hydrogens is 176 g/mol. The Morgan fingerprint density at radius 3 is 3.08 bits per heavy atom. The fourth-order valence-electron chi connectivity index (χ4n) is 1.51. The summed E-state index contributed by atoms with van der Waals surface area (Å²) in [5.41, 5.74) is 0.383. The Balaban J connectivity index is 2.38. The van der Waals surface area contributed by atoms with Gasteiger partial charge in [-0.2, -0.15) is 0 Å². The van der Waals surface area contributed by atoms with Crippen LogP contribution in [0.1, 0.15) is 29.2 Å². The standard InChI is InChI=1S/C8H9ClN2O/c9-8(12)6-5-11-4-2-1-3-7(11)10-6/h5H,1-4H2. The average molecular weight is 185 g/mol. The summed E-state index contributed by atoms with van der Waals surface area (Å²) in [6.07, 6.45) is 5.03. The van der Waals surface area contributed by atoms with E-state index < -0.39 is 5.24 Å². The highest BCUT2D eigenvalue weighted by Crippen LogP contribution is 2.15. The Kier molecular flexibility index (Phi) is 1.89. The van der Waals surface area contributed by atoms with E-state index in [2.05, 4.69) is 4.98 Å². The fraction of sp³-hybridized carbons (Fsp3) is 0.500. The molecule has 0 spiro atoms. The molecule has 4 heteroatoms. The summed E-state index contributed by atoms with van der Waals surface area (Å²) in [6, 6.07) is 0. The molecule has 0 radical (unpaired) electrons. The van der Waals surface area contributed by atoms with E-state index >= 15 is 0 Å². The molecule has 1 aromatic heterocycles. The number of fused-ring (bicyclic) bond motifs is 1. The second kappa shape index (κ2) is 2.90. The Bertz CT molecular complexity index is 295. The number of nitrogens with zero attached hydrogens (tertiary/aromatic N) is 2. The molecule has 0 fully saturated rings. The fourth-order valence-corrected chi connectivity index (χ4v) is 1.60. The van der Waals surface area contributed by atoms with Crippen LogP contribution in [-0.4, -0.2) is 14.8 Å². The molecule has 0 atom stereocenters. The molecule has 0 amide bonds. The maximum atomic E-state index is 10.8. The first-order valence-electron chi connectivity index (χ1n) is 4.03. The van der Waals surface area contributed by atoms with Crippen molar-refractivity contribution in [3.8, 4) is 0 Å². The van der Waals surface area contributed by atoms with Crippen LogP contribution >= 0.6 is 11.6 Å². The number of carbonyl (C=O) groups excluding carboxylic acids is 1. The van der Waals surface area contributed by atoms with Gasteiger partial charge >= 0.3 is 0 Å². The van der Waals surface area contributed by atoms with Crippen LogP contribution in [0.4, 0.5) is 0 Å². The van der Waals surface area contributed by atoms with Crippen LogP contribution in [0.15, 0.2) is 6.20 Å². The maximum Gasteiger partial charge on any atom is 0.272 e. The number of rotatable bonds is 1. The SMILES string of the molecule is O=C(Cl)c1cn2c(n1)CCCC2. The molecule has 1 aromatic rings. The Morgan fingerprint density at radius 2 is 2.42 bits per heavy atom. The van der Waals surface area contributed by atoms with E-state index in [-0.39, 0.29) is 0 Å². The van der Waals surface area contributed by atoms with Gasteiger partial charge in [0.05, 0.1) is 0 Å². The maximum absolute atomic E-state index is 10.8. The van der Waals surface area contributed by atoms with E-state index in [9.17, 15) is 4.79 Å². The topological polar surface area (TPSA) is 34.9 Å². The minimum absolute atomic E-state index is 0.383. The molecule has 3 nitrogen and oxygen atoms in total. The van der Waals surface area contributed by atoms with Crippen LogP contribution in [0.2, 0.25) is 0 Å². The summed E-state index contributed by atoms with van der Waals surface area (Å²) < 4.78 is 2.01. The molecule has 0 aromatic carbocycles. The van der Waals surface area contributed by atoms with Crippen molar-refractivity contribution < 1.29 is 4.79 Å². The molecule has 0 N–H and O–H groups in total. The number of aryl methyl sites for hydroxylation is 2. The second-order valence-electron chi connectivity index (χ2n) is 2.97. The van der Waals surface area contributed by atoms with E-state index in [1.807, 2.05) is 4.57 Å². The molecule has 12 heavy (non-hydrogen) atoms. The molecule has 0 bridgehead atoms. The van der Waals surface area contributed by atoms with Gasteiger partial charge in [0, 0.05) is 19.2 Å². The van der Waals surface area contributed by atoms with Crippen LogP contribution in [0.3, 0.4) is 0 Å². The van der Waals surface area contributed by atoms with Crippen LogP contribution in [0.25, 0.3) is 0 Å². The minimum Gasteiger partial charge on any atom is -0.334 e. The molecule has 0 unspecified atom stereocenters. The normalized spacial score (nSPS) is 15.8. The van der Waals surface area contributed by atoms with Crippen LogP contribution in [0, 0.1) is 0 Å². The molecule has 64 valence electrons. The molecular formula is C8H9ClN2O. The first-order chi connectivity index (χ1) is 5.77. The van der Waals surface area contributed by atoms with Crippen molar-refractivity contribution in [1.82, 2.24) is 9.55 Å². The lowest BCUT2D eigenvalue weighted by Crippen LogP contribution is -2.08. The third-order valence-electron chi connectivity index (χ3n) is 2.11. The summed E-state index contributed by atoms with van der Waals surface area (Å²) in [5, 5.41) is -0.461. The monoisotopic (exact) mass is 184 g/mol. The number of hydrogen-bond acceptors (Lipinski definition) is 2. The Hall–Kier alpha value is -0.830. The number of halogens is 1. The van der Waals surface area contributed by atoms with Gasteiger partial charge in [0.1, 0.15) is 11.5 Å². The predicted molar refractivity (Wildman–Crippen MR) is 45.3 cm³/mol. The van der Waals surface area contributed by atoms with E-state index in [1.54, 1.807) is 6.20 Å². The third kappa shape index (κ3) is 1.25. The smallest absolute Gasteiger partial charge is 0.272 e. The van der Waals surface area contributed by atoms with E-state index in [0.29, 0.717) is 5.69 Å². The van der Waals surface area contributed by atoms with Gasteiger partial charge in [-0.25, -0.2) is 4.98 Å². The summed E-state index contributed by atoms with van der Waals surface area (Å²) in [6.45, 7) is 0.965. The highest BCUT2D eigenvalue weighted by atomic mass is 35.5. The number of imidazole rings is 1. The van der Waals surface area contributed by atoms with E-state index in [4.69, 9.17) is 11.6 Å². The lowest BCUT2D eigenvalue weighted by atomic mass is 10.2. The van der Waals surface area contributed by atoms with Crippen LogP contribution in [-0.2, 0) is 13.0 Å². The average Bonchev–Trinajstić information content (AvgIpc) is 2.46. The lowest BCUT2D eigenvalue weighted by molar-refractivity contribution is 0.107. The highest BCUT2D eigenvalue weighted by molar-refractivity contribution is 6.67. The summed E-state index contributed by atoms with van der Waals surface area (Å²) in [5.74, 6) is 0.991. The molecule has 2 rings (SSSR count). The van der Waals surface area contributed by atoms with Crippen molar-refractivity contribution in [3.63, 3.8) is 0 Å². The van der Waals surface area contributed by atoms with Crippen molar-refractivity contribution in [2.75, 3.05) is 0 Å². The predicted octanol–water partition coefficient (Wildman–Crippen LogP) is 1.60. The number of hydrogen-bond donors (Lipinski definition) is 0. The quantitative estimate of drug-likeness (QED) is 0.622. The highest BCUT2D eigenvalue weighted by Gasteiger charge is 2.14. The van der Waals surface area contributed by atoms with Gasteiger partial charge in [-0.1, -0.05) is 0 Å². The van der Waals surface area contributed by atoms with Crippen LogP contribution in [0.5, 0.6) is 0 Å². The molecule has 1 aliphatic rings. The molecule has 0 aliphatic carbocycles. The van der Waals surface area contributed by atoms with Gasteiger partial charge in [-0.3, -0.25) is 4.79 Å². The lowest BCUT2D eigenvalue weighted by Gasteiger charge is -2.11. The number of aromatic nitrogens is 2. The Labute approximate surface area is 75.4 Å². The largest absolute Gasteiger partial charge is 0.334 e. The minimum atomic E-state index is -0.461. The number of carbonyl (C=O) groups is 1. The van der Waals surface area contributed by atoms with Crippen LogP contribution < -0.4 is 0 Å². The van der Waals surface area contributed by atoms with Crippen molar-refractivity contribution >= 4 is 16.8 Å². The molecule has 0 saturated heterocycles. The second-order valence-corrected chi connectivity index (χ2v) is 3.31. The summed E-state index contributed by atoms with van der Waals surface area (Å²) in [4.78, 5) is 14.9. The molecule has 1 aliphatic heterocycles. The van der Waals surface area contributed by atoms with Crippen molar-refractivity contribution in [1.29, 1.82) is 0 Å². The van der Waals surface area contributed by atoms with E-state index in [1.165, 1.54) is 6.42 Å². The van der Waals surface area contributed by atoms with Gasteiger partial charge in [0.2, 0.25) is 0 Å². The van der Waals surface area contributed by atoms with Gasteiger partial charge in [-0.15, -0.1) is 0 Å². The van der Waals surface area contributed by atoms with Crippen molar-refractivity contribution in [2.45, 2.75) is 25.8 Å². The summed E-state index contributed by atoms with van der Waals surface area (Å²) >= 11 is 5.31.